The van der Waals surface area contributed by atoms with Crippen molar-refractivity contribution < 1.29 is 18.8 Å². The average Bonchev–Trinajstić information content (AvgIpc) is 3.40. The summed E-state index contributed by atoms with van der Waals surface area (Å²) in [6.07, 6.45) is 2.16. The van der Waals surface area contributed by atoms with Gasteiger partial charge in [-0.2, -0.15) is 0 Å². The number of nitrogens with zero attached hydrogens (tertiary/aromatic N) is 1. The Morgan fingerprint density at radius 3 is 2.59 bits per heavy atom. The molecule has 0 radical (unpaired) electrons. The van der Waals surface area contributed by atoms with Crippen molar-refractivity contribution in [3.63, 3.8) is 0 Å². The number of H-pyrrole nitrogens is 1. The van der Waals surface area contributed by atoms with E-state index in [0.29, 0.717) is 46.9 Å². The molecule has 6 heteroatoms. The normalized spacial score (nSPS) is 10.7. The van der Waals surface area contributed by atoms with Gasteiger partial charge in [-0.15, -0.1) is 0 Å². The quantitative estimate of drug-likeness (QED) is 0.371. The van der Waals surface area contributed by atoms with Crippen LogP contribution in [0.2, 0.25) is 0 Å². The molecule has 0 aliphatic rings. The minimum atomic E-state index is -0.257. The summed E-state index contributed by atoms with van der Waals surface area (Å²) in [6, 6.07) is 18.7. The summed E-state index contributed by atoms with van der Waals surface area (Å²) < 4.78 is 11.1. The van der Waals surface area contributed by atoms with E-state index in [9.17, 15) is 9.59 Å². The zero-order chi connectivity index (χ0) is 20.2. The van der Waals surface area contributed by atoms with E-state index in [1.54, 1.807) is 6.92 Å². The molecule has 0 amide bonds. The Hall–Kier alpha value is -3.93. The number of hydrogen-bond acceptors (Lipinski definition) is 5. The van der Waals surface area contributed by atoms with Crippen molar-refractivity contribution in [3.05, 3.63) is 95.0 Å². The van der Waals surface area contributed by atoms with E-state index < -0.39 is 0 Å². The molecule has 0 saturated heterocycles. The van der Waals surface area contributed by atoms with E-state index in [1.807, 2.05) is 54.6 Å². The minimum Gasteiger partial charge on any atom is -0.489 e. The van der Waals surface area contributed by atoms with E-state index in [1.165, 1.54) is 12.3 Å². The molecule has 4 rings (SSSR count). The van der Waals surface area contributed by atoms with Crippen molar-refractivity contribution in [2.24, 2.45) is 0 Å². The number of carbonyl (C=O) groups is 2. The second kappa shape index (κ2) is 7.98. The summed E-state index contributed by atoms with van der Waals surface area (Å²) in [5, 5.41) is 4.07. The number of ether oxygens (including phenoxy) is 1. The third kappa shape index (κ3) is 3.87. The van der Waals surface area contributed by atoms with E-state index in [-0.39, 0.29) is 5.78 Å². The molecule has 144 valence electrons. The fourth-order valence-corrected chi connectivity index (χ4v) is 3.04. The molecule has 0 bridgehead atoms. The number of hydrogen-bond donors (Lipinski definition) is 1. The third-order valence-corrected chi connectivity index (χ3v) is 4.56. The first-order valence-corrected chi connectivity index (χ1v) is 9.07. The third-order valence-electron chi connectivity index (χ3n) is 4.56. The summed E-state index contributed by atoms with van der Waals surface area (Å²) in [6.45, 7) is 2.16. The number of aldehydes is 1. The summed E-state index contributed by atoms with van der Waals surface area (Å²) in [7, 11) is 0. The lowest BCUT2D eigenvalue weighted by Crippen LogP contribution is -2.02. The number of aromatic nitrogens is 2. The number of nitrogens with one attached hydrogen (secondary N) is 1. The van der Waals surface area contributed by atoms with Crippen LogP contribution in [-0.2, 0) is 6.61 Å². The highest BCUT2D eigenvalue weighted by Gasteiger charge is 2.23. The fourth-order valence-electron chi connectivity index (χ4n) is 3.04. The van der Waals surface area contributed by atoms with Crippen LogP contribution >= 0.6 is 0 Å². The van der Waals surface area contributed by atoms with Crippen LogP contribution in [0, 0.1) is 6.92 Å². The van der Waals surface area contributed by atoms with Gasteiger partial charge in [0.1, 0.15) is 23.8 Å². The highest BCUT2D eigenvalue weighted by Crippen LogP contribution is 2.29. The Balaban J connectivity index is 1.56. The van der Waals surface area contributed by atoms with Crippen molar-refractivity contribution >= 4 is 12.1 Å². The molecule has 0 aliphatic carbocycles. The van der Waals surface area contributed by atoms with Crippen LogP contribution in [0.15, 0.2) is 71.4 Å². The number of carbonyl (C=O) groups excluding carboxylic acids is 2. The second-order valence-corrected chi connectivity index (χ2v) is 6.55. The maximum absolute atomic E-state index is 12.9. The first kappa shape index (κ1) is 18.4. The van der Waals surface area contributed by atoms with Crippen molar-refractivity contribution in [1.29, 1.82) is 0 Å². The smallest absolute Gasteiger partial charge is 0.200 e. The van der Waals surface area contributed by atoms with Crippen molar-refractivity contribution in [2.45, 2.75) is 13.5 Å². The molecule has 0 aliphatic heterocycles. The molecule has 6 nitrogen and oxygen atoms in total. The molecule has 2 aromatic carbocycles. The first-order chi connectivity index (χ1) is 14.2. The molecular weight excluding hydrogens is 368 g/mol. The maximum Gasteiger partial charge on any atom is 0.200 e. The zero-order valence-corrected chi connectivity index (χ0v) is 15.7. The van der Waals surface area contributed by atoms with Gasteiger partial charge in [-0.05, 0) is 42.8 Å². The molecule has 0 spiro atoms. The molecule has 2 heterocycles. The predicted octanol–water partition coefficient (Wildman–Crippen LogP) is 4.60. The van der Waals surface area contributed by atoms with Crippen LogP contribution in [0.3, 0.4) is 0 Å². The van der Waals surface area contributed by atoms with E-state index in [4.69, 9.17) is 9.26 Å². The van der Waals surface area contributed by atoms with Gasteiger partial charge in [-0.3, -0.25) is 9.59 Å². The van der Waals surface area contributed by atoms with Crippen LogP contribution in [0.1, 0.15) is 37.7 Å². The summed E-state index contributed by atoms with van der Waals surface area (Å²) in [5.41, 5.74) is 3.36. The van der Waals surface area contributed by atoms with Crippen LogP contribution in [-0.4, -0.2) is 22.2 Å². The molecule has 0 saturated carbocycles. The summed E-state index contributed by atoms with van der Waals surface area (Å²) in [4.78, 5) is 26.5. The highest BCUT2D eigenvalue weighted by atomic mass is 16.5. The van der Waals surface area contributed by atoms with Crippen molar-refractivity contribution in [3.8, 4) is 17.0 Å². The highest BCUT2D eigenvalue weighted by molar-refractivity contribution is 6.13. The van der Waals surface area contributed by atoms with E-state index >= 15 is 0 Å². The molecule has 4 aromatic rings. The number of aromatic amines is 1. The Kier molecular flexibility index (Phi) is 5.07. The van der Waals surface area contributed by atoms with Crippen molar-refractivity contribution in [1.82, 2.24) is 10.1 Å². The van der Waals surface area contributed by atoms with Crippen LogP contribution in [0.25, 0.3) is 11.3 Å². The lowest BCUT2D eigenvalue weighted by Gasteiger charge is -2.07. The Morgan fingerprint density at radius 2 is 1.90 bits per heavy atom. The van der Waals surface area contributed by atoms with E-state index in [0.717, 1.165) is 11.1 Å². The van der Waals surface area contributed by atoms with Gasteiger partial charge in [0, 0.05) is 17.3 Å². The first-order valence-electron chi connectivity index (χ1n) is 9.07. The predicted molar refractivity (Wildman–Crippen MR) is 107 cm³/mol. The van der Waals surface area contributed by atoms with Gasteiger partial charge in [0.25, 0.3) is 0 Å². The Labute approximate surface area is 167 Å². The van der Waals surface area contributed by atoms with E-state index in [2.05, 4.69) is 10.1 Å². The number of aryl methyl sites for hydroxylation is 1. The monoisotopic (exact) mass is 386 g/mol. The summed E-state index contributed by atoms with van der Waals surface area (Å²) in [5.74, 6) is 0.878. The lowest BCUT2D eigenvalue weighted by molar-refractivity contribution is 0.103. The SMILES string of the molecule is Cc1onc(-c2ccc(OCc3ccccc3)cc2)c1C(=O)c1c[nH]c(C=O)c1. The number of rotatable bonds is 7. The van der Waals surface area contributed by atoms with Gasteiger partial charge in [0.15, 0.2) is 12.1 Å². The number of benzene rings is 2. The molecular formula is C23H18N2O4. The molecule has 29 heavy (non-hydrogen) atoms. The number of ketones is 1. The molecule has 0 fully saturated rings. The van der Waals surface area contributed by atoms with Crippen LogP contribution in [0.4, 0.5) is 0 Å². The topological polar surface area (TPSA) is 85.2 Å². The van der Waals surface area contributed by atoms with Gasteiger partial charge in [0.05, 0.1) is 11.3 Å². The minimum absolute atomic E-state index is 0.257. The van der Waals surface area contributed by atoms with Crippen molar-refractivity contribution in [2.75, 3.05) is 0 Å². The molecule has 0 unspecified atom stereocenters. The van der Waals surface area contributed by atoms with Gasteiger partial charge in [-0.1, -0.05) is 35.5 Å². The lowest BCUT2D eigenvalue weighted by atomic mass is 9.99. The van der Waals surface area contributed by atoms with Crippen LogP contribution in [0.5, 0.6) is 5.75 Å². The van der Waals surface area contributed by atoms with Crippen LogP contribution < -0.4 is 4.74 Å². The Morgan fingerprint density at radius 1 is 1.14 bits per heavy atom. The molecule has 1 N–H and O–H groups in total. The Bertz CT molecular complexity index is 1140. The van der Waals surface area contributed by atoms with Gasteiger partial charge in [-0.25, -0.2) is 0 Å². The fraction of sp³-hybridized carbons (Fsp3) is 0.0870. The zero-order valence-electron chi connectivity index (χ0n) is 15.7. The molecule has 2 aromatic heterocycles. The van der Waals surface area contributed by atoms with Gasteiger partial charge in [0.2, 0.25) is 0 Å². The largest absolute Gasteiger partial charge is 0.489 e. The summed E-state index contributed by atoms with van der Waals surface area (Å²) >= 11 is 0. The second-order valence-electron chi connectivity index (χ2n) is 6.55. The van der Waals surface area contributed by atoms with Gasteiger partial charge < -0.3 is 14.2 Å². The molecule has 0 atom stereocenters. The average molecular weight is 386 g/mol. The maximum atomic E-state index is 12.9. The van der Waals surface area contributed by atoms with Gasteiger partial charge >= 0.3 is 0 Å². The standard InChI is InChI=1S/C23H18N2O4/c1-15-21(23(27)18-11-19(13-26)24-12-18)22(25-29-15)17-7-9-20(10-8-17)28-14-16-5-3-2-4-6-16/h2-13,24H,14H2,1H3.